The molecule has 0 radical (unpaired) electrons. The SMILES string of the molecule is CC(C)c1nc(OC2CCCC2)c(-c2ccc(S(C)(=O)=O)cc2)s1.CS(=O)(=O)c1ccc(-c2sc(C3CCCCC3)nc2OC2CCCC2)cc1.CS(=O)(=O)c1ccc(-c2sc(C3CCCCC3)nc2OCC2CO2)cc1.CS(=O)(=O)c1ccc(-c2sc(CC#N)nc2OC2CCCC2)cc1.Cc1nc(OC2CCCC2)c(-c2ccc(S(C)(=O)=O)cc2)s1.Cc1nc(OCC2CO2)c(-c2ccc(S(C)(=O)=O)cc2)s1. The minimum absolute atomic E-state index is 0.174. The molecule has 8 aliphatic rings. The zero-order valence-corrected chi connectivity index (χ0v) is 92.5. The summed E-state index contributed by atoms with van der Waals surface area (Å²) in [6, 6.07) is 43.6. The second kappa shape index (κ2) is 49.0. The number of sulfone groups is 6. The van der Waals surface area contributed by atoms with Gasteiger partial charge in [0.15, 0.2) is 59.0 Å². The van der Waals surface area contributed by atoms with Crippen LogP contribution in [0.1, 0.15) is 229 Å². The Kier molecular flexibility index (Phi) is 37.1. The predicted octanol–water partition coefficient (Wildman–Crippen LogP) is 24.0. The quantitative estimate of drug-likeness (QED) is 0.0377. The number of benzene rings is 6. The Hall–Kier alpha value is -8.99. The number of hydrogen-bond acceptors (Lipinski definition) is 33. The van der Waals surface area contributed by atoms with E-state index in [0.29, 0.717) is 89.9 Å². The van der Waals surface area contributed by atoms with Gasteiger partial charge in [-0.15, -0.1) is 68.0 Å². The number of epoxide rings is 2. The van der Waals surface area contributed by atoms with Gasteiger partial charge in [-0.3, -0.25) is 0 Å². The first kappa shape index (κ1) is 109. The highest BCUT2D eigenvalue weighted by atomic mass is 32.2. The van der Waals surface area contributed by atoms with Gasteiger partial charge in [-0.1, -0.05) is 125 Å². The fourth-order valence-electron chi connectivity index (χ4n) is 17.6. The van der Waals surface area contributed by atoms with Gasteiger partial charge in [-0.25, -0.2) is 80.4 Å². The maximum Gasteiger partial charge on any atom is 0.233 e. The van der Waals surface area contributed by atoms with Crippen LogP contribution in [0.25, 0.3) is 62.6 Å². The Morgan fingerprint density at radius 2 is 0.549 bits per heavy atom. The minimum Gasteiger partial charge on any atom is -0.474 e. The normalized spacial score (nSPS) is 17.7. The van der Waals surface area contributed by atoms with Crippen molar-refractivity contribution in [2.24, 2.45) is 0 Å². The molecule has 6 saturated carbocycles. The number of thiazole rings is 6. The van der Waals surface area contributed by atoms with Crippen molar-refractivity contribution < 1.29 is 88.4 Å². The van der Waals surface area contributed by atoms with E-state index in [9.17, 15) is 50.5 Å². The smallest absolute Gasteiger partial charge is 0.233 e. The Morgan fingerprint density at radius 1 is 0.312 bits per heavy atom. The number of ether oxygens (including phenoxy) is 8. The maximum atomic E-state index is 11.8. The van der Waals surface area contributed by atoms with E-state index in [1.165, 1.54) is 168 Å². The highest BCUT2D eigenvalue weighted by molar-refractivity contribution is 7.92. The van der Waals surface area contributed by atoms with Crippen LogP contribution >= 0.6 is 68.0 Å². The maximum absolute atomic E-state index is 11.8. The molecular formula is C105H125N7O20S12. The topological polar surface area (TPSA) is 386 Å². The number of nitrogens with zero attached hydrogens (tertiary/aromatic N) is 7. The first-order valence-corrected chi connectivity index (χ1v) is 65.3. The van der Waals surface area contributed by atoms with E-state index in [1.54, 1.807) is 142 Å². The molecule has 8 fully saturated rings. The van der Waals surface area contributed by atoms with Crippen molar-refractivity contribution in [3.8, 4) is 104 Å². The lowest BCUT2D eigenvalue weighted by atomic mass is 9.90. The average Bonchev–Trinajstić information content (AvgIpc) is 1.65. The first-order chi connectivity index (χ1) is 68.7. The zero-order valence-electron chi connectivity index (χ0n) is 82.7. The molecule has 6 aromatic carbocycles. The van der Waals surface area contributed by atoms with Crippen LogP contribution in [0.3, 0.4) is 0 Å². The molecule has 6 aromatic heterocycles. The summed E-state index contributed by atoms with van der Waals surface area (Å²) in [4.78, 5) is 35.5. The fraction of sp³-hybridized carbons (Fsp3) is 0.476. The Labute approximate surface area is 871 Å². The van der Waals surface area contributed by atoms with Crippen molar-refractivity contribution in [1.29, 1.82) is 5.26 Å². The van der Waals surface area contributed by atoms with Gasteiger partial charge in [0.2, 0.25) is 35.3 Å². The van der Waals surface area contributed by atoms with Crippen LogP contribution in [0.2, 0.25) is 0 Å². The van der Waals surface area contributed by atoms with Crippen LogP contribution in [0.4, 0.5) is 0 Å². The number of rotatable bonds is 30. The molecule has 2 aliphatic heterocycles. The minimum atomic E-state index is -3.22. The molecule has 0 bridgehead atoms. The van der Waals surface area contributed by atoms with E-state index in [2.05, 4.69) is 34.9 Å². The lowest BCUT2D eigenvalue weighted by molar-refractivity contribution is 0.203. The summed E-state index contributed by atoms with van der Waals surface area (Å²) in [6.07, 6.45) is 39.6. The molecule has 772 valence electrons. The van der Waals surface area contributed by atoms with Crippen molar-refractivity contribution >= 4 is 127 Å². The van der Waals surface area contributed by atoms with E-state index in [1.807, 2.05) is 62.4 Å². The summed E-state index contributed by atoms with van der Waals surface area (Å²) in [7, 11) is -19.1. The molecule has 6 aliphatic carbocycles. The van der Waals surface area contributed by atoms with E-state index in [-0.39, 0.29) is 47.9 Å². The van der Waals surface area contributed by atoms with Gasteiger partial charge in [0.1, 0.15) is 64.9 Å². The molecule has 0 spiro atoms. The van der Waals surface area contributed by atoms with Crippen LogP contribution in [0.15, 0.2) is 175 Å². The predicted molar refractivity (Wildman–Crippen MR) is 570 cm³/mol. The number of hydrogen-bond donors (Lipinski definition) is 0. The molecule has 8 heterocycles. The van der Waals surface area contributed by atoms with Crippen LogP contribution in [-0.4, -0.2) is 181 Å². The van der Waals surface area contributed by atoms with Gasteiger partial charge in [-0.2, -0.15) is 5.26 Å². The van der Waals surface area contributed by atoms with Gasteiger partial charge in [-0.05, 0) is 248 Å². The van der Waals surface area contributed by atoms with Crippen molar-refractivity contribution in [1.82, 2.24) is 29.9 Å². The number of nitriles is 1. The van der Waals surface area contributed by atoms with Gasteiger partial charge in [0, 0.05) is 55.3 Å². The lowest BCUT2D eigenvalue weighted by Crippen LogP contribution is -2.12. The third-order valence-electron chi connectivity index (χ3n) is 25.7. The first-order valence-electron chi connectivity index (χ1n) is 49.0. The molecule has 144 heavy (non-hydrogen) atoms. The zero-order chi connectivity index (χ0) is 102. The third-order valence-corrected chi connectivity index (χ3v) is 39.5. The highest BCUT2D eigenvalue weighted by Gasteiger charge is 2.33. The average molecular weight is 2190 g/mol. The standard InChI is InChI=1S/C21H27NO3S2.C19H23NO4S2.C18H23NO3S2.C17H18N2O3S2.C16H19NO3S2.C14H15NO4S2/c1-27(23,24)18-13-11-15(12-14-18)19-20(25-17-9-5-6-10-17)22-21(26-19)16-7-3-2-4-8-16;1-26(21,22)16-9-7-13(8-10-16)17-18(24-12-15-11-23-15)20-19(25-17)14-5-3-2-4-6-14;1-12(2)18-19-17(22-14-6-4-5-7-14)16(23-18)13-8-10-15(11-9-13)24(3,20)21;1-24(20,21)14-8-6-12(7-9-14)16-17(19-15(23-16)10-11-18)22-13-4-2-3-5-13;1-11-17-16(20-13-5-3-4-6-13)15(21-11)12-7-9-14(10-8-12)22(2,18)19;1-9-15-14(19-8-11-7-18-11)13(20-9)10-3-5-12(6-4-10)21(2,16)17/h11-14,16-17H,2-10H2,1H3;7-10,14-15H,2-6,11-12H2,1H3;8-12,14H,4-7H2,1-3H3;6-9,13H,2-5,10H2,1H3;7-10,13H,3-6H2,1-2H3;3-6,11H,7-8H2,1-2H3. The molecule has 0 N–H and O–H groups in total. The highest BCUT2D eigenvalue weighted by Crippen LogP contribution is 2.49. The second-order valence-electron chi connectivity index (χ2n) is 38.1. The largest absolute Gasteiger partial charge is 0.474 e. The summed E-state index contributed by atoms with van der Waals surface area (Å²) in [5, 5.41) is 14.9. The second-order valence-corrected chi connectivity index (χ2v) is 56.8. The van der Waals surface area contributed by atoms with E-state index < -0.39 is 59.0 Å². The number of aromatic nitrogens is 6. The van der Waals surface area contributed by atoms with Crippen LogP contribution in [0, 0.1) is 25.2 Å². The molecular weight excluding hydrogens is 2060 g/mol. The van der Waals surface area contributed by atoms with E-state index in [4.69, 9.17) is 58.1 Å². The molecule has 20 rings (SSSR count). The summed E-state index contributed by atoms with van der Waals surface area (Å²) in [5.74, 6) is 5.31. The Balaban J connectivity index is 0.000000130. The molecule has 2 atom stereocenters. The summed E-state index contributed by atoms with van der Waals surface area (Å²) in [5.41, 5.74) is 5.61. The molecule has 12 aromatic rings. The monoisotopic (exact) mass is 2190 g/mol. The Bertz CT molecular complexity index is 7100. The van der Waals surface area contributed by atoms with Crippen molar-refractivity contribution in [2.75, 3.05) is 64.0 Å². The van der Waals surface area contributed by atoms with Crippen molar-refractivity contribution in [3.05, 3.63) is 176 Å². The Morgan fingerprint density at radius 3 is 0.840 bits per heavy atom. The van der Waals surface area contributed by atoms with Crippen LogP contribution in [0.5, 0.6) is 35.3 Å². The number of aryl methyl sites for hydroxylation is 2. The van der Waals surface area contributed by atoms with Crippen molar-refractivity contribution in [3.63, 3.8) is 0 Å². The van der Waals surface area contributed by atoms with Crippen molar-refractivity contribution in [2.45, 2.75) is 285 Å². The summed E-state index contributed by atoms with van der Waals surface area (Å²) in [6.45, 7) is 10.6. The van der Waals surface area contributed by atoms with Crippen LogP contribution < -0.4 is 28.4 Å². The van der Waals surface area contributed by atoms with Gasteiger partial charge in [0.05, 0.1) is 99.4 Å². The van der Waals surface area contributed by atoms with Gasteiger partial charge in [0.25, 0.3) is 0 Å². The molecule has 39 heteroatoms. The summed E-state index contributed by atoms with van der Waals surface area (Å²) < 4.78 is 186. The molecule has 27 nitrogen and oxygen atoms in total. The fourth-order valence-corrected chi connectivity index (χ4v) is 27.4. The molecule has 0 amide bonds. The van der Waals surface area contributed by atoms with E-state index in [0.717, 1.165) is 166 Å². The van der Waals surface area contributed by atoms with E-state index >= 15 is 0 Å². The summed E-state index contributed by atoms with van der Waals surface area (Å²) >= 11 is 9.57. The van der Waals surface area contributed by atoms with Gasteiger partial charge < -0.3 is 37.9 Å². The third kappa shape index (κ3) is 30.9. The van der Waals surface area contributed by atoms with Crippen LogP contribution in [-0.2, 0) is 74.9 Å². The lowest BCUT2D eigenvalue weighted by Gasteiger charge is -2.18. The molecule has 2 unspecified atom stereocenters. The molecule has 2 saturated heterocycles. The van der Waals surface area contributed by atoms with Gasteiger partial charge >= 0.3 is 0 Å².